The summed E-state index contributed by atoms with van der Waals surface area (Å²) in [5.41, 5.74) is 4.09. The molecule has 4 N–H and O–H groups in total. The molecule has 3 aromatic rings. The molecule has 236 valence electrons. The van der Waals surface area contributed by atoms with E-state index in [2.05, 4.69) is 62.4 Å². The lowest BCUT2D eigenvalue weighted by molar-refractivity contribution is 0.405. The van der Waals surface area contributed by atoms with E-state index in [0.717, 1.165) is 57.5 Å². The first-order chi connectivity index (χ1) is 20.6. The van der Waals surface area contributed by atoms with Gasteiger partial charge in [0, 0.05) is 43.4 Å². The molecule has 2 aromatic heterocycles. The summed E-state index contributed by atoms with van der Waals surface area (Å²) in [6, 6.07) is 7.09. The molecule has 0 atom stereocenters. The van der Waals surface area contributed by atoms with Crippen LogP contribution in [0.15, 0.2) is 36.7 Å². The summed E-state index contributed by atoms with van der Waals surface area (Å²) in [5.74, 6) is 1.46. The Kier molecular flexibility index (Phi) is 12.0. The smallest absolute Gasteiger partial charge is 0.233 e. The van der Waals surface area contributed by atoms with Crippen LogP contribution < -0.4 is 20.7 Å². The molecule has 0 radical (unpaired) electrons. The second kappa shape index (κ2) is 15.9. The van der Waals surface area contributed by atoms with Gasteiger partial charge in [0.05, 0.1) is 5.75 Å². The highest BCUT2D eigenvalue weighted by molar-refractivity contribution is 7.92. The summed E-state index contributed by atoms with van der Waals surface area (Å²) in [7, 11) is 4.73. The Morgan fingerprint density at radius 2 is 1.26 bits per heavy atom. The van der Waals surface area contributed by atoms with E-state index in [1.54, 1.807) is 24.3 Å². The van der Waals surface area contributed by atoms with Crippen molar-refractivity contribution in [3.05, 3.63) is 47.8 Å². The van der Waals surface area contributed by atoms with E-state index in [1.807, 2.05) is 28.2 Å². The van der Waals surface area contributed by atoms with E-state index in [9.17, 15) is 8.42 Å². The van der Waals surface area contributed by atoms with Crippen molar-refractivity contribution in [1.82, 2.24) is 29.3 Å². The van der Waals surface area contributed by atoms with Crippen molar-refractivity contribution in [2.75, 3.05) is 80.8 Å². The molecule has 43 heavy (non-hydrogen) atoms. The van der Waals surface area contributed by atoms with Gasteiger partial charge in [-0.15, -0.1) is 0 Å². The number of hydrogen-bond acceptors (Lipinski definition) is 10. The average molecular weight is 613 g/mol. The van der Waals surface area contributed by atoms with Crippen LogP contribution in [0.1, 0.15) is 43.2 Å². The summed E-state index contributed by atoms with van der Waals surface area (Å²) in [6.45, 7) is 4.10. The Morgan fingerprint density at radius 1 is 0.744 bits per heavy atom. The molecule has 1 aliphatic carbocycles. The van der Waals surface area contributed by atoms with Gasteiger partial charge < -0.3 is 30.3 Å². The van der Waals surface area contributed by atoms with Gasteiger partial charge in [-0.25, -0.2) is 8.42 Å². The van der Waals surface area contributed by atoms with Crippen LogP contribution in [0.5, 0.6) is 0 Å². The van der Waals surface area contributed by atoms with Crippen LogP contribution in [-0.2, 0) is 29.4 Å². The second-order valence-electron chi connectivity index (χ2n) is 11.7. The number of sulfonamides is 1. The quantitative estimate of drug-likeness (QED) is 0.157. The number of aromatic nitrogens is 4. The van der Waals surface area contributed by atoms with Crippen LogP contribution in [0, 0.1) is 0 Å². The summed E-state index contributed by atoms with van der Waals surface area (Å²) < 4.78 is 30.3. The molecule has 0 saturated carbocycles. The molecular weight excluding hydrogens is 564 g/mol. The van der Waals surface area contributed by atoms with Gasteiger partial charge in [0.1, 0.15) is 0 Å². The van der Waals surface area contributed by atoms with Gasteiger partial charge >= 0.3 is 0 Å². The van der Waals surface area contributed by atoms with Gasteiger partial charge in [0.15, 0.2) is 0 Å². The number of fused-ring (bicyclic) bond motifs is 1. The summed E-state index contributed by atoms with van der Waals surface area (Å²) in [6.07, 6.45) is 11.6. The summed E-state index contributed by atoms with van der Waals surface area (Å²) in [4.78, 5) is 17.9. The number of hydrogen-bond donors (Lipinski definition) is 4. The molecule has 13 heteroatoms. The predicted octanol–water partition coefficient (Wildman–Crippen LogP) is 3.85. The Balaban J connectivity index is 1.31. The zero-order valence-electron chi connectivity index (χ0n) is 26.1. The standard InChI is InChI=1S/C30H48N10O2S/c1-38(2)18-7-16-31-28-34-29(32-17-8-19-39(3)4)36-30(35-28)33-26-12-14-27(15-13-26)37-43(41,42)21-9-20-40-22-24-10-5-6-11-25(24)23-40/h12-15,22-23,37H,5-11,16-21H2,1-4H3,(H3,31,32,33,34,35,36). The lowest BCUT2D eigenvalue weighted by atomic mass is 9.96. The van der Waals surface area contributed by atoms with Gasteiger partial charge in [-0.3, -0.25) is 4.72 Å². The molecule has 4 rings (SSSR count). The first-order valence-electron chi connectivity index (χ1n) is 15.2. The molecule has 1 aromatic carbocycles. The number of benzene rings is 1. The Morgan fingerprint density at radius 3 is 1.79 bits per heavy atom. The third kappa shape index (κ3) is 11.3. The van der Waals surface area contributed by atoms with Crippen molar-refractivity contribution < 1.29 is 8.42 Å². The summed E-state index contributed by atoms with van der Waals surface area (Å²) >= 11 is 0. The Labute approximate surface area is 256 Å². The zero-order valence-corrected chi connectivity index (χ0v) is 26.9. The zero-order chi connectivity index (χ0) is 30.7. The topological polar surface area (TPSA) is 132 Å². The van der Waals surface area contributed by atoms with E-state index < -0.39 is 10.0 Å². The van der Waals surface area contributed by atoms with Crippen LogP contribution in [-0.4, -0.2) is 97.9 Å². The number of nitrogens with one attached hydrogen (secondary N) is 4. The van der Waals surface area contributed by atoms with Crippen LogP contribution in [0.2, 0.25) is 0 Å². The molecule has 0 aliphatic heterocycles. The van der Waals surface area contributed by atoms with Crippen molar-refractivity contribution in [2.24, 2.45) is 0 Å². The van der Waals surface area contributed by atoms with E-state index in [0.29, 0.717) is 36.5 Å². The first-order valence-corrected chi connectivity index (χ1v) is 16.9. The van der Waals surface area contributed by atoms with Crippen molar-refractivity contribution in [2.45, 2.75) is 51.5 Å². The minimum Gasteiger partial charge on any atom is -0.354 e. The average Bonchev–Trinajstić information content (AvgIpc) is 3.37. The lowest BCUT2D eigenvalue weighted by Gasteiger charge is -2.14. The van der Waals surface area contributed by atoms with Crippen molar-refractivity contribution >= 4 is 39.2 Å². The fourth-order valence-corrected chi connectivity index (χ4v) is 6.12. The number of anilines is 5. The fourth-order valence-electron chi connectivity index (χ4n) is 5.01. The van der Waals surface area contributed by atoms with Crippen LogP contribution >= 0.6 is 0 Å². The van der Waals surface area contributed by atoms with Crippen molar-refractivity contribution in [3.63, 3.8) is 0 Å². The molecule has 0 spiro atoms. The molecule has 0 saturated heterocycles. The van der Waals surface area contributed by atoms with E-state index >= 15 is 0 Å². The predicted molar refractivity (Wildman–Crippen MR) is 176 cm³/mol. The highest BCUT2D eigenvalue weighted by atomic mass is 32.2. The van der Waals surface area contributed by atoms with Gasteiger partial charge in [-0.05, 0) is 122 Å². The molecular formula is C30H48N10O2S. The maximum absolute atomic E-state index is 12.7. The normalized spacial score (nSPS) is 13.3. The molecule has 2 heterocycles. The Bertz CT molecular complexity index is 1330. The number of nitrogens with zero attached hydrogens (tertiary/aromatic N) is 6. The maximum Gasteiger partial charge on any atom is 0.233 e. The van der Waals surface area contributed by atoms with E-state index in [-0.39, 0.29) is 5.75 Å². The lowest BCUT2D eigenvalue weighted by Crippen LogP contribution is -2.19. The maximum atomic E-state index is 12.7. The molecule has 12 nitrogen and oxygen atoms in total. The minimum atomic E-state index is -3.46. The van der Waals surface area contributed by atoms with Crippen molar-refractivity contribution in [1.29, 1.82) is 0 Å². The van der Waals surface area contributed by atoms with Gasteiger partial charge in [-0.1, -0.05) is 0 Å². The SMILES string of the molecule is CN(C)CCCNc1nc(NCCCN(C)C)nc(Nc2ccc(NS(=O)(=O)CCCn3cc4c(c3)CCCC4)cc2)n1. The van der Waals surface area contributed by atoms with Crippen molar-refractivity contribution in [3.8, 4) is 0 Å². The summed E-state index contributed by atoms with van der Waals surface area (Å²) in [5, 5.41) is 9.82. The first kappa shape index (κ1) is 32.5. The monoisotopic (exact) mass is 612 g/mol. The largest absolute Gasteiger partial charge is 0.354 e. The van der Waals surface area contributed by atoms with Gasteiger partial charge in [-0.2, -0.15) is 15.0 Å². The molecule has 0 fully saturated rings. The molecule has 0 amide bonds. The highest BCUT2D eigenvalue weighted by Gasteiger charge is 2.14. The van der Waals surface area contributed by atoms with Crippen LogP contribution in [0.4, 0.5) is 29.2 Å². The highest BCUT2D eigenvalue weighted by Crippen LogP contribution is 2.23. The van der Waals surface area contributed by atoms with Gasteiger partial charge in [0.2, 0.25) is 27.9 Å². The third-order valence-corrected chi connectivity index (χ3v) is 8.58. The third-order valence-electron chi connectivity index (χ3n) is 7.21. The Hall–Kier alpha value is -3.42. The number of aryl methyl sites for hydroxylation is 3. The minimum absolute atomic E-state index is 0.0648. The molecule has 0 bridgehead atoms. The van der Waals surface area contributed by atoms with Gasteiger partial charge in [0.25, 0.3) is 0 Å². The fraction of sp³-hybridized carbons (Fsp3) is 0.567. The van der Waals surface area contributed by atoms with E-state index in [1.165, 1.54) is 24.0 Å². The number of rotatable bonds is 18. The molecule has 0 unspecified atom stereocenters. The molecule has 1 aliphatic rings. The van der Waals surface area contributed by atoms with Crippen LogP contribution in [0.25, 0.3) is 0 Å². The second-order valence-corrected chi connectivity index (χ2v) is 13.5. The van der Waals surface area contributed by atoms with E-state index in [4.69, 9.17) is 0 Å². The van der Waals surface area contributed by atoms with Crippen LogP contribution in [0.3, 0.4) is 0 Å².